The highest BCUT2D eigenvalue weighted by atomic mass is 16.5. The predicted octanol–water partition coefficient (Wildman–Crippen LogP) is 3.07. The zero-order valence-electron chi connectivity index (χ0n) is 16.9. The molecule has 1 N–H and O–H groups in total. The van der Waals surface area contributed by atoms with E-state index in [9.17, 15) is 0 Å². The van der Waals surface area contributed by atoms with Crippen molar-refractivity contribution in [3.8, 4) is 5.69 Å². The van der Waals surface area contributed by atoms with E-state index in [1.165, 1.54) is 5.56 Å². The van der Waals surface area contributed by atoms with E-state index in [4.69, 9.17) is 9.84 Å². The normalized spacial score (nSPS) is 16.0. The maximum Gasteiger partial charge on any atom is 0.193 e. The summed E-state index contributed by atoms with van der Waals surface area (Å²) in [5.74, 6) is 0.955. The van der Waals surface area contributed by atoms with Crippen molar-refractivity contribution in [1.82, 2.24) is 20.0 Å². The molecule has 1 aromatic carbocycles. The SMILES string of the molecule is CCOC1CCN(C(=NC)NCc2c(C)nn(-c3ccccc3)c2C)CC1. The number of nitrogens with zero attached hydrogens (tertiary/aromatic N) is 4. The van der Waals surface area contributed by atoms with Gasteiger partial charge in [-0.15, -0.1) is 0 Å². The number of guanidine groups is 1. The van der Waals surface area contributed by atoms with Crippen LogP contribution in [0.5, 0.6) is 0 Å². The van der Waals surface area contributed by atoms with E-state index < -0.39 is 0 Å². The van der Waals surface area contributed by atoms with E-state index in [0.717, 1.165) is 62.1 Å². The van der Waals surface area contributed by atoms with Crippen LogP contribution >= 0.6 is 0 Å². The second-order valence-corrected chi connectivity index (χ2v) is 6.94. The van der Waals surface area contributed by atoms with Crippen LogP contribution in [0.4, 0.5) is 0 Å². The van der Waals surface area contributed by atoms with Gasteiger partial charge in [0.15, 0.2) is 5.96 Å². The largest absolute Gasteiger partial charge is 0.378 e. The smallest absolute Gasteiger partial charge is 0.193 e. The lowest BCUT2D eigenvalue weighted by Crippen LogP contribution is -2.46. The lowest BCUT2D eigenvalue weighted by atomic mass is 10.1. The standard InChI is InChI=1S/C21H31N5O/c1-5-27-19-11-13-25(14-12-19)21(22-4)23-15-20-16(2)24-26(17(20)3)18-9-7-6-8-10-18/h6-10,19H,5,11-15H2,1-4H3,(H,22,23). The van der Waals surface area contributed by atoms with Gasteiger partial charge < -0.3 is 15.0 Å². The monoisotopic (exact) mass is 369 g/mol. The first-order valence-electron chi connectivity index (χ1n) is 9.81. The molecule has 0 amide bonds. The lowest BCUT2D eigenvalue weighted by Gasteiger charge is -2.34. The van der Waals surface area contributed by atoms with E-state index in [2.05, 4.69) is 48.1 Å². The van der Waals surface area contributed by atoms with Crippen LogP contribution in [0.3, 0.4) is 0 Å². The molecule has 1 aromatic heterocycles. The minimum atomic E-state index is 0.387. The summed E-state index contributed by atoms with van der Waals surface area (Å²) >= 11 is 0. The van der Waals surface area contributed by atoms with Crippen molar-refractivity contribution in [2.75, 3.05) is 26.7 Å². The topological polar surface area (TPSA) is 54.7 Å². The van der Waals surface area contributed by atoms with Gasteiger partial charge in [0.05, 0.1) is 17.5 Å². The molecule has 0 aliphatic carbocycles. The molecule has 0 radical (unpaired) electrons. The molecule has 2 aromatic rings. The molecule has 6 nitrogen and oxygen atoms in total. The number of aryl methyl sites for hydroxylation is 1. The molecule has 1 saturated heterocycles. The first kappa shape index (κ1) is 19.4. The number of benzene rings is 1. The third kappa shape index (κ3) is 4.50. The van der Waals surface area contributed by atoms with Crippen molar-refractivity contribution in [1.29, 1.82) is 0 Å². The molecule has 1 aliphatic rings. The summed E-state index contributed by atoms with van der Waals surface area (Å²) in [6.07, 6.45) is 2.50. The molecule has 0 spiro atoms. The number of hydrogen-bond donors (Lipinski definition) is 1. The van der Waals surface area contributed by atoms with Gasteiger partial charge in [0.25, 0.3) is 0 Å². The number of nitrogens with one attached hydrogen (secondary N) is 1. The second-order valence-electron chi connectivity index (χ2n) is 6.94. The Morgan fingerprint density at radius 2 is 1.93 bits per heavy atom. The maximum atomic E-state index is 5.75. The Morgan fingerprint density at radius 1 is 1.22 bits per heavy atom. The molecule has 0 atom stereocenters. The quantitative estimate of drug-likeness (QED) is 0.650. The predicted molar refractivity (Wildman–Crippen MR) is 109 cm³/mol. The summed E-state index contributed by atoms with van der Waals surface area (Å²) in [7, 11) is 1.85. The summed E-state index contributed by atoms with van der Waals surface area (Å²) in [6.45, 7) is 9.73. The average Bonchev–Trinajstić information content (AvgIpc) is 2.98. The van der Waals surface area contributed by atoms with Crippen molar-refractivity contribution >= 4 is 5.96 Å². The third-order valence-corrected chi connectivity index (χ3v) is 5.22. The molecule has 27 heavy (non-hydrogen) atoms. The number of piperidine rings is 1. The number of likely N-dealkylation sites (tertiary alicyclic amines) is 1. The highest BCUT2D eigenvalue weighted by molar-refractivity contribution is 5.80. The van der Waals surface area contributed by atoms with Crippen molar-refractivity contribution in [2.24, 2.45) is 4.99 Å². The van der Waals surface area contributed by atoms with Crippen LogP contribution in [0.1, 0.15) is 36.7 Å². The molecule has 0 saturated carbocycles. The van der Waals surface area contributed by atoms with Crippen molar-refractivity contribution in [3.05, 3.63) is 47.3 Å². The van der Waals surface area contributed by atoms with Gasteiger partial charge in [0.2, 0.25) is 0 Å². The number of hydrogen-bond acceptors (Lipinski definition) is 3. The van der Waals surface area contributed by atoms with E-state index in [1.54, 1.807) is 0 Å². The van der Waals surface area contributed by atoms with Gasteiger partial charge in [-0.3, -0.25) is 4.99 Å². The van der Waals surface area contributed by atoms with Crippen molar-refractivity contribution in [2.45, 2.75) is 46.3 Å². The average molecular weight is 370 g/mol. The lowest BCUT2D eigenvalue weighted by molar-refractivity contribution is 0.0263. The number of ether oxygens (including phenoxy) is 1. The maximum absolute atomic E-state index is 5.75. The Kier molecular flexibility index (Phi) is 6.50. The molecule has 0 unspecified atom stereocenters. The molecule has 2 heterocycles. The van der Waals surface area contributed by atoms with Crippen LogP contribution in [-0.2, 0) is 11.3 Å². The molecule has 1 fully saturated rings. The first-order valence-corrected chi connectivity index (χ1v) is 9.81. The van der Waals surface area contributed by atoms with Gasteiger partial charge in [-0.25, -0.2) is 4.68 Å². The Labute approximate surface area is 162 Å². The molecule has 3 rings (SSSR count). The van der Waals surface area contributed by atoms with Crippen LogP contribution in [0.15, 0.2) is 35.3 Å². The Bertz CT molecular complexity index is 760. The first-order chi connectivity index (χ1) is 13.1. The fourth-order valence-electron chi connectivity index (χ4n) is 3.72. The van der Waals surface area contributed by atoms with Gasteiger partial charge in [-0.2, -0.15) is 5.10 Å². The number of aliphatic imine (C=N–C) groups is 1. The van der Waals surface area contributed by atoms with Gasteiger partial charge in [-0.1, -0.05) is 18.2 Å². The summed E-state index contributed by atoms with van der Waals surface area (Å²) in [4.78, 5) is 6.81. The molecule has 1 aliphatic heterocycles. The zero-order chi connectivity index (χ0) is 19.2. The number of rotatable bonds is 5. The van der Waals surface area contributed by atoms with E-state index in [0.29, 0.717) is 6.10 Å². The molecule has 0 bridgehead atoms. The number of para-hydroxylation sites is 1. The van der Waals surface area contributed by atoms with Crippen LogP contribution < -0.4 is 5.32 Å². The van der Waals surface area contributed by atoms with Gasteiger partial charge in [0, 0.05) is 44.5 Å². The summed E-state index contributed by atoms with van der Waals surface area (Å²) in [5, 5.41) is 8.26. The fourth-order valence-corrected chi connectivity index (χ4v) is 3.72. The Balaban J connectivity index is 1.65. The van der Waals surface area contributed by atoms with Gasteiger partial charge >= 0.3 is 0 Å². The summed E-state index contributed by atoms with van der Waals surface area (Å²) in [5.41, 5.74) is 4.53. The third-order valence-electron chi connectivity index (χ3n) is 5.22. The van der Waals surface area contributed by atoms with Gasteiger partial charge in [0.1, 0.15) is 0 Å². The zero-order valence-corrected chi connectivity index (χ0v) is 16.9. The summed E-state index contributed by atoms with van der Waals surface area (Å²) in [6, 6.07) is 10.3. The minimum absolute atomic E-state index is 0.387. The fraction of sp³-hybridized carbons (Fsp3) is 0.524. The Morgan fingerprint density at radius 3 is 2.56 bits per heavy atom. The highest BCUT2D eigenvalue weighted by Gasteiger charge is 2.22. The highest BCUT2D eigenvalue weighted by Crippen LogP contribution is 2.18. The van der Waals surface area contributed by atoms with Crippen LogP contribution in [0, 0.1) is 13.8 Å². The van der Waals surface area contributed by atoms with E-state index in [-0.39, 0.29) is 0 Å². The summed E-state index contributed by atoms with van der Waals surface area (Å²) < 4.78 is 7.77. The molecule has 6 heteroatoms. The molecule has 146 valence electrons. The Hall–Kier alpha value is -2.34. The molecular formula is C21H31N5O. The van der Waals surface area contributed by atoms with Crippen molar-refractivity contribution in [3.63, 3.8) is 0 Å². The number of aromatic nitrogens is 2. The van der Waals surface area contributed by atoms with Crippen LogP contribution in [0.2, 0.25) is 0 Å². The second kappa shape index (κ2) is 9.04. The van der Waals surface area contributed by atoms with Gasteiger partial charge in [-0.05, 0) is 45.7 Å². The van der Waals surface area contributed by atoms with E-state index >= 15 is 0 Å². The van der Waals surface area contributed by atoms with Crippen LogP contribution in [0.25, 0.3) is 5.69 Å². The van der Waals surface area contributed by atoms with Crippen LogP contribution in [-0.4, -0.2) is 53.5 Å². The molecular weight excluding hydrogens is 338 g/mol. The minimum Gasteiger partial charge on any atom is -0.378 e. The van der Waals surface area contributed by atoms with E-state index in [1.807, 2.05) is 29.9 Å². The van der Waals surface area contributed by atoms with Crippen molar-refractivity contribution < 1.29 is 4.74 Å².